The quantitative estimate of drug-likeness (QED) is 0.506. The van der Waals surface area contributed by atoms with Crippen LogP contribution < -0.4 is 11.3 Å². The number of hydrazine groups is 1. The Hall–Kier alpha value is -1.78. The number of nitrogen functional groups attached to an aromatic ring is 1. The molecule has 0 heterocycles. The lowest BCUT2D eigenvalue weighted by Gasteiger charge is -2.06. The summed E-state index contributed by atoms with van der Waals surface area (Å²) >= 11 is 1.87. The molecule has 0 aliphatic heterocycles. The molecule has 3 nitrogen and oxygen atoms in total. The summed E-state index contributed by atoms with van der Waals surface area (Å²) in [5.74, 6) is 6.77. The van der Waals surface area contributed by atoms with Crippen LogP contribution in [0.15, 0.2) is 42.5 Å². The Labute approximate surface area is 129 Å². The highest BCUT2D eigenvalue weighted by Gasteiger charge is 2.03. The van der Waals surface area contributed by atoms with Gasteiger partial charge < -0.3 is 0 Å². The first-order chi connectivity index (χ1) is 10.1. The third-order valence-electron chi connectivity index (χ3n) is 3.17. The molecule has 0 saturated heterocycles. The van der Waals surface area contributed by atoms with Gasteiger partial charge in [-0.1, -0.05) is 41.5 Å². The molecule has 2 rings (SSSR count). The number of rotatable bonds is 5. The van der Waals surface area contributed by atoms with Gasteiger partial charge in [0, 0.05) is 17.1 Å². The van der Waals surface area contributed by atoms with E-state index in [1.54, 1.807) is 12.1 Å². The molecule has 21 heavy (non-hydrogen) atoms. The van der Waals surface area contributed by atoms with E-state index in [0.29, 0.717) is 5.56 Å². The highest BCUT2D eigenvalue weighted by molar-refractivity contribution is 7.97. The molecule has 0 saturated carbocycles. The lowest BCUT2D eigenvalue weighted by molar-refractivity contribution is 0.0953. The smallest absolute Gasteiger partial charge is 0.265 e. The number of thioether (sulfide) groups is 1. The van der Waals surface area contributed by atoms with E-state index in [2.05, 4.69) is 37.5 Å². The monoisotopic (exact) mass is 300 g/mol. The molecule has 0 aliphatic rings. The minimum absolute atomic E-state index is 0.260. The number of benzene rings is 2. The molecule has 2 aromatic rings. The molecule has 0 unspecified atom stereocenters. The van der Waals surface area contributed by atoms with Gasteiger partial charge in [0.25, 0.3) is 5.91 Å². The van der Waals surface area contributed by atoms with Crippen LogP contribution in [0.1, 0.15) is 32.6 Å². The van der Waals surface area contributed by atoms with Gasteiger partial charge >= 0.3 is 0 Å². The molecule has 4 heteroatoms. The van der Waals surface area contributed by atoms with Gasteiger partial charge in [-0.05, 0) is 37.1 Å². The van der Waals surface area contributed by atoms with E-state index in [1.807, 2.05) is 23.9 Å². The van der Waals surface area contributed by atoms with Gasteiger partial charge in [-0.2, -0.15) is 11.8 Å². The molecule has 0 atom stereocenters. The van der Waals surface area contributed by atoms with E-state index >= 15 is 0 Å². The van der Waals surface area contributed by atoms with Crippen molar-refractivity contribution in [3.63, 3.8) is 0 Å². The van der Waals surface area contributed by atoms with E-state index in [9.17, 15) is 4.79 Å². The number of nitrogens with one attached hydrogen (secondary N) is 1. The number of nitrogens with two attached hydrogens (primary N) is 1. The van der Waals surface area contributed by atoms with Crippen LogP contribution >= 0.6 is 11.8 Å². The maximum absolute atomic E-state index is 11.3. The predicted octanol–water partition coefficient (Wildman–Crippen LogP) is 3.34. The fourth-order valence-corrected chi connectivity index (χ4v) is 3.21. The van der Waals surface area contributed by atoms with Crippen LogP contribution in [0.5, 0.6) is 0 Å². The Balaban J connectivity index is 1.90. The molecule has 0 aliphatic carbocycles. The minimum Gasteiger partial charge on any atom is -0.290 e. The summed E-state index contributed by atoms with van der Waals surface area (Å²) in [6.45, 7) is 4.25. The van der Waals surface area contributed by atoms with Crippen molar-refractivity contribution in [2.45, 2.75) is 25.4 Å². The molecule has 0 spiro atoms. The zero-order chi connectivity index (χ0) is 15.2. The van der Waals surface area contributed by atoms with E-state index in [-0.39, 0.29) is 5.91 Å². The third-order valence-corrected chi connectivity index (χ3v) is 4.24. The summed E-state index contributed by atoms with van der Waals surface area (Å²) in [4.78, 5) is 11.3. The molecule has 0 aromatic heterocycles. The zero-order valence-corrected chi connectivity index (χ0v) is 13.2. The summed E-state index contributed by atoms with van der Waals surface area (Å²) < 4.78 is 0. The summed E-state index contributed by atoms with van der Waals surface area (Å²) in [7, 11) is 0. The maximum Gasteiger partial charge on any atom is 0.265 e. The van der Waals surface area contributed by atoms with Crippen molar-refractivity contribution in [1.29, 1.82) is 0 Å². The second-order valence-corrected chi connectivity index (χ2v) is 6.14. The Kier molecular flexibility index (Phi) is 5.42. The first-order valence-electron chi connectivity index (χ1n) is 6.83. The number of carbonyl (C=O) groups is 1. The maximum atomic E-state index is 11.3. The molecule has 0 radical (unpaired) electrons. The first-order valence-corrected chi connectivity index (χ1v) is 7.99. The van der Waals surface area contributed by atoms with Crippen molar-refractivity contribution in [3.8, 4) is 0 Å². The molecule has 1 amide bonds. The van der Waals surface area contributed by atoms with Gasteiger partial charge in [-0.15, -0.1) is 0 Å². The molecular formula is C17H20N2OS. The van der Waals surface area contributed by atoms with Crippen molar-refractivity contribution >= 4 is 17.7 Å². The number of hydrogen-bond acceptors (Lipinski definition) is 3. The van der Waals surface area contributed by atoms with Gasteiger partial charge in [0.2, 0.25) is 0 Å². The minimum atomic E-state index is -0.260. The summed E-state index contributed by atoms with van der Waals surface area (Å²) in [6, 6.07) is 14.2. The Morgan fingerprint density at radius 3 is 2.14 bits per heavy atom. The molecule has 2 aromatic carbocycles. The van der Waals surface area contributed by atoms with Crippen molar-refractivity contribution in [2.75, 3.05) is 0 Å². The van der Waals surface area contributed by atoms with Crippen LogP contribution in [0.25, 0.3) is 0 Å². The van der Waals surface area contributed by atoms with Crippen molar-refractivity contribution < 1.29 is 4.79 Å². The zero-order valence-electron chi connectivity index (χ0n) is 12.3. The van der Waals surface area contributed by atoms with Crippen LogP contribution in [-0.2, 0) is 11.5 Å². The number of aryl methyl sites for hydroxylation is 2. The second-order valence-electron chi connectivity index (χ2n) is 5.16. The molecular weight excluding hydrogens is 280 g/mol. The van der Waals surface area contributed by atoms with Crippen LogP contribution in [0.3, 0.4) is 0 Å². The van der Waals surface area contributed by atoms with E-state index in [0.717, 1.165) is 11.5 Å². The molecule has 110 valence electrons. The average Bonchev–Trinajstić information content (AvgIpc) is 2.46. The molecule has 0 fully saturated rings. The SMILES string of the molecule is Cc1cc(C)cc(CSCc2ccc(C(=O)NN)cc2)c1. The van der Waals surface area contributed by atoms with E-state index in [4.69, 9.17) is 5.84 Å². The lowest BCUT2D eigenvalue weighted by atomic mass is 10.1. The van der Waals surface area contributed by atoms with Crippen LogP contribution in [0, 0.1) is 13.8 Å². The largest absolute Gasteiger partial charge is 0.290 e. The Morgan fingerprint density at radius 2 is 1.57 bits per heavy atom. The van der Waals surface area contributed by atoms with Gasteiger partial charge in [0.05, 0.1) is 0 Å². The topological polar surface area (TPSA) is 55.1 Å². The summed E-state index contributed by atoms with van der Waals surface area (Å²) in [5.41, 5.74) is 7.90. The lowest BCUT2D eigenvalue weighted by Crippen LogP contribution is -2.29. The highest BCUT2D eigenvalue weighted by atomic mass is 32.2. The normalized spacial score (nSPS) is 10.4. The standard InChI is InChI=1S/C17H20N2OS/c1-12-7-13(2)9-15(8-12)11-21-10-14-3-5-16(6-4-14)17(20)19-18/h3-9H,10-11,18H2,1-2H3,(H,19,20). The van der Waals surface area contributed by atoms with E-state index < -0.39 is 0 Å². The van der Waals surface area contributed by atoms with Gasteiger partial charge in [0.1, 0.15) is 0 Å². The first kappa shape index (κ1) is 15.6. The van der Waals surface area contributed by atoms with Crippen molar-refractivity contribution in [2.24, 2.45) is 5.84 Å². The fraction of sp³-hybridized carbons (Fsp3) is 0.235. The van der Waals surface area contributed by atoms with Gasteiger partial charge in [-0.25, -0.2) is 5.84 Å². The van der Waals surface area contributed by atoms with Crippen molar-refractivity contribution in [3.05, 3.63) is 70.3 Å². The third kappa shape index (κ3) is 4.62. The number of hydrogen-bond donors (Lipinski definition) is 2. The van der Waals surface area contributed by atoms with Crippen LogP contribution in [-0.4, -0.2) is 5.91 Å². The highest BCUT2D eigenvalue weighted by Crippen LogP contribution is 2.20. The predicted molar refractivity (Wildman–Crippen MR) is 89.0 cm³/mol. The Morgan fingerprint density at radius 1 is 1.00 bits per heavy atom. The van der Waals surface area contributed by atoms with Crippen LogP contribution in [0.2, 0.25) is 0 Å². The average molecular weight is 300 g/mol. The fourth-order valence-electron chi connectivity index (χ4n) is 2.27. The summed E-state index contributed by atoms with van der Waals surface area (Å²) in [5, 5.41) is 0. The van der Waals surface area contributed by atoms with Gasteiger partial charge in [0.15, 0.2) is 0 Å². The Bertz CT molecular complexity index is 603. The molecule has 3 N–H and O–H groups in total. The number of amides is 1. The second kappa shape index (κ2) is 7.29. The van der Waals surface area contributed by atoms with Crippen LogP contribution in [0.4, 0.5) is 0 Å². The van der Waals surface area contributed by atoms with Gasteiger partial charge in [-0.3, -0.25) is 10.2 Å². The number of carbonyl (C=O) groups excluding carboxylic acids is 1. The summed E-state index contributed by atoms with van der Waals surface area (Å²) in [6.07, 6.45) is 0. The molecule has 0 bridgehead atoms. The van der Waals surface area contributed by atoms with E-state index in [1.165, 1.54) is 22.3 Å². The van der Waals surface area contributed by atoms with Crippen molar-refractivity contribution in [1.82, 2.24) is 5.43 Å².